The van der Waals surface area contributed by atoms with Gasteiger partial charge in [-0.05, 0) is 49.1 Å². The first-order valence-corrected chi connectivity index (χ1v) is 7.82. The summed E-state index contributed by atoms with van der Waals surface area (Å²) in [5, 5.41) is 0. The minimum absolute atomic E-state index is 0.00557. The molecule has 2 aromatic carbocycles. The van der Waals surface area contributed by atoms with Crippen molar-refractivity contribution >= 4 is 31.9 Å². The van der Waals surface area contributed by atoms with Crippen molar-refractivity contribution in [3.05, 3.63) is 67.6 Å². The van der Waals surface area contributed by atoms with E-state index in [0.717, 1.165) is 20.9 Å². The largest absolute Gasteiger partial charge is 0.324 e. The van der Waals surface area contributed by atoms with E-state index in [1.165, 1.54) is 16.7 Å². The fourth-order valence-corrected chi connectivity index (χ4v) is 3.15. The second-order valence-electron chi connectivity index (χ2n) is 4.92. The lowest BCUT2D eigenvalue weighted by atomic mass is 9.98. The molecule has 0 fully saturated rings. The molecule has 100 valence electrons. The summed E-state index contributed by atoms with van der Waals surface area (Å²) in [4.78, 5) is 0. The maximum Gasteiger partial charge on any atom is 0.0347 e. The van der Waals surface area contributed by atoms with Crippen molar-refractivity contribution in [3.8, 4) is 0 Å². The smallest absolute Gasteiger partial charge is 0.0347 e. The van der Waals surface area contributed by atoms with Crippen LogP contribution < -0.4 is 5.73 Å². The maximum absolute atomic E-state index is 6.33. The van der Waals surface area contributed by atoms with Crippen molar-refractivity contribution < 1.29 is 0 Å². The van der Waals surface area contributed by atoms with E-state index in [1.807, 2.05) is 0 Å². The van der Waals surface area contributed by atoms with Crippen LogP contribution in [0.5, 0.6) is 0 Å². The number of halogens is 2. The number of nitrogens with two attached hydrogens (primary N) is 1. The highest BCUT2D eigenvalue weighted by molar-refractivity contribution is 9.11. The Morgan fingerprint density at radius 3 is 2.26 bits per heavy atom. The average molecular weight is 383 g/mol. The third-order valence-electron chi connectivity index (χ3n) is 3.25. The van der Waals surface area contributed by atoms with Gasteiger partial charge in [0.2, 0.25) is 0 Å². The summed E-state index contributed by atoms with van der Waals surface area (Å²) in [6.07, 6.45) is 0.842. The normalized spacial score (nSPS) is 12.5. The Bertz CT molecular complexity index is 576. The fourth-order valence-electron chi connectivity index (χ4n) is 2.03. The molecule has 0 aliphatic carbocycles. The van der Waals surface area contributed by atoms with Gasteiger partial charge in [-0.25, -0.2) is 0 Å². The molecule has 1 unspecified atom stereocenters. The first-order chi connectivity index (χ1) is 8.97. The molecule has 0 radical (unpaired) electrons. The van der Waals surface area contributed by atoms with Gasteiger partial charge in [0.15, 0.2) is 0 Å². The van der Waals surface area contributed by atoms with Gasteiger partial charge >= 0.3 is 0 Å². The Labute approximate surface area is 131 Å². The first-order valence-electron chi connectivity index (χ1n) is 6.24. The van der Waals surface area contributed by atoms with Gasteiger partial charge in [-0.3, -0.25) is 0 Å². The van der Waals surface area contributed by atoms with Crippen LogP contribution in [0.15, 0.2) is 45.3 Å². The molecule has 0 spiro atoms. The molecule has 0 aliphatic heterocycles. The molecular weight excluding hydrogens is 366 g/mol. The minimum atomic E-state index is -0.00557. The number of aryl methyl sites for hydroxylation is 2. The summed E-state index contributed by atoms with van der Waals surface area (Å²) in [6, 6.07) is 12.8. The summed E-state index contributed by atoms with van der Waals surface area (Å²) in [7, 11) is 0. The topological polar surface area (TPSA) is 26.0 Å². The molecule has 1 nitrogen and oxygen atoms in total. The van der Waals surface area contributed by atoms with E-state index in [0.29, 0.717) is 0 Å². The first kappa shape index (κ1) is 14.8. The van der Waals surface area contributed by atoms with E-state index < -0.39 is 0 Å². The molecule has 0 heterocycles. The van der Waals surface area contributed by atoms with E-state index in [4.69, 9.17) is 5.73 Å². The molecule has 0 saturated carbocycles. The van der Waals surface area contributed by atoms with Crippen LogP contribution >= 0.6 is 31.9 Å². The van der Waals surface area contributed by atoms with Crippen molar-refractivity contribution in [1.29, 1.82) is 0 Å². The second kappa shape index (κ2) is 6.21. The van der Waals surface area contributed by atoms with Crippen molar-refractivity contribution in [2.75, 3.05) is 0 Å². The molecule has 0 saturated heterocycles. The summed E-state index contributed by atoms with van der Waals surface area (Å²) >= 11 is 7.17. The van der Waals surface area contributed by atoms with Crippen LogP contribution in [0.2, 0.25) is 0 Å². The minimum Gasteiger partial charge on any atom is -0.324 e. The molecule has 3 heteroatoms. The van der Waals surface area contributed by atoms with Crippen LogP contribution in [0.3, 0.4) is 0 Å². The third kappa shape index (κ3) is 3.68. The van der Waals surface area contributed by atoms with Gasteiger partial charge < -0.3 is 5.73 Å². The van der Waals surface area contributed by atoms with Crippen LogP contribution in [0.4, 0.5) is 0 Å². The number of hydrogen-bond donors (Lipinski definition) is 1. The van der Waals surface area contributed by atoms with Gasteiger partial charge in [0.05, 0.1) is 0 Å². The Morgan fingerprint density at radius 1 is 1.00 bits per heavy atom. The lowest BCUT2D eigenvalue weighted by Crippen LogP contribution is -2.14. The molecule has 0 bridgehead atoms. The van der Waals surface area contributed by atoms with Crippen molar-refractivity contribution in [1.82, 2.24) is 0 Å². The van der Waals surface area contributed by atoms with Gasteiger partial charge in [-0.15, -0.1) is 0 Å². The average Bonchev–Trinajstić information content (AvgIpc) is 2.36. The lowest BCUT2D eigenvalue weighted by molar-refractivity contribution is 0.717. The zero-order valence-electron chi connectivity index (χ0n) is 11.1. The highest BCUT2D eigenvalue weighted by atomic mass is 79.9. The number of hydrogen-bond acceptors (Lipinski definition) is 1. The molecule has 0 amide bonds. The molecule has 1 atom stereocenters. The number of benzene rings is 2. The van der Waals surface area contributed by atoms with E-state index in [-0.39, 0.29) is 6.04 Å². The van der Waals surface area contributed by atoms with Crippen LogP contribution in [-0.4, -0.2) is 0 Å². The van der Waals surface area contributed by atoms with E-state index >= 15 is 0 Å². The van der Waals surface area contributed by atoms with E-state index in [2.05, 4.69) is 82.1 Å². The molecule has 19 heavy (non-hydrogen) atoms. The third-order valence-corrected chi connectivity index (χ3v) is 4.79. The summed E-state index contributed by atoms with van der Waals surface area (Å²) in [6.45, 7) is 4.17. The molecule has 0 aliphatic rings. The second-order valence-corrected chi connectivity index (χ2v) is 6.63. The predicted octanol–water partition coefficient (Wildman–Crippen LogP) is 5.07. The Morgan fingerprint density at radius 2 is 1.63 bits per heavy atom. The van der Waals surface area contributed by atoms with E-state index in [9.17, 15) is 0 Å². The highest BCUT2D eigenvalue weighted by Crippen LogP contribution is 2.30. The molecule has 0 aromatic heterocycles. The van der Waals surface area contributed by atoms with Gasteiger partial charge in [-0.2, -0.15) is 0 Å². The van der Waals surface area contributed by atoms with Crippen LogP contribution in [0.1, 0.15) is 28.3 Å². The number of rotatable bonds is 3. The van der Waals surface area contributed by atoms with Gasteiger partial charge in [0.1, 0.15) is 0 Å². The summed E-state index contributed by atoms with van der Waals surface area (Å²) in [5.41, 5.74) is 11.2. The molecular formula is C16H17Br2N. The van der Waals surface area contributed by atoms with Crippen molar-refractivity contribution in [2.24, 2.45) is 5.73 Å². The van der Waals surface area contributed by atoms with Crippen molar-refractivity contribution in [2.45, 2.75) is 26.3 Å². The summed E-state index contributed by atoms with van der Waals surface area (Å²) in [5.74, 6) is 0. The highest BCUT2D eigenvalue weighted by Gasteiger charge is 2.12. The predicted molar refractivity (Wildman–Crippen MR) is 88.4 cm³/mol. The quantitative estimate of drug-likeness (QED) is 0.787. The Kier molecular flexibility index (Phi) is 4.82. The maximum atomic E-state index is 6.33. The van der Waals surface area contributed by atoms with Crippen molar-refractivity contribution in [3.63, 3.8) is 0 Å². The standard InChI is InChI=1S/C16H17Br2N/c1-10-3-5-12(6-4-10)8-16(19)13-9-14(17)11(2)7-15(13)18/h3-7,9,16H,8,19H2,1-2H3. The van der Waals surface area contributed by atoms with Crippen LogP contribution in [0.25, 0.3) is 0 Å². The van der Waals surface area contributed by atoms with Gasteiger partial charge in [0.25, 0.3) is 0 Å². The monoisotopic (exact) mass is 381 g/mol. The van der Waals surface area contributed by atoms with Gasteiger partial charge in [-0.1, -0.05) is 61.7 Å². The molecule has 2 rings (SSSR count). The fraction of sp³-hybridized carbons (Fsp3) is 0.250. The zero-order valence-corrected chi connectivity index (χ0v) is 14.3. The summed E-state index contributed by atoms with van der Waals surface area (Å²) < 4.78 is 2.18. The Balaban J connectivity index is 2.22. The molecule has 2 aromatic rings. The Hall–Kier alpha value is -0.640. The lowest BCUT2D eigenvalue weighted by Gasteiger charge is -2.16. The van der Waals surface area contributed by atoms with Crippen LogP contribution in [-0.2, 0) is 6.42 Å². The van der Waals surface area contributed by atoms with Crippen LogP contribution in [0, 0.1) is 13.8 Å². The molecule has 2 N–H and O–H groups in total. The SMILES string of the molecule is Cc1ccc(CC(N)c2cc(Br)c(C)cc2Br)cc1. The van der Waals surface area contributed by atoms with E-state index in [1.54, 1.807) is 0 Å². The zero-order chi connectivity index (χ0) is 14.0. The van der Waals surface area contributed by atoms with Gasteiger partial charge in [0, 0.05) is 15.0 Å².